The number of esters is 1. The van der Waals surface area contributed by atoms with Gasteiger partial charge in [0.1, 0.15) is 0 Å². The predicted octanol–water partition coefficient (Wildman–Crippen LogP) is 1.16. The molecule has 0 saturated heterocycles. The summed E-state index contributed by atoms with van der Waals surface area (Å²) in [6.07, 6.45) is 0.354. The first kappa shape index (κ1) is 7.16. The summed E-state index contributed by atoms with van der Waals surface area (Å²) < 4.78 is 9.99. The van der Waals surface area contributed by atoms with Gasteiger partial charge in [-0.1, -0.05) is 12.1 Å². The smallest absolute Gasteiger partial charge is 0.315 e. The SMILES string of the molecule is COc1cccc2c1OC(=O)C2. The molecule has 1 aliphatic rings. The van der Waals surface area contributed by atoms with Crippen molar-refractivity contribution in [2.75, 3.05) is 7.11 Å². The first-order chi connectivity index (χ1) is 5.81. The molecule has 0 fully saturated rings. The molecule has 0 atom stereocenters. The van der Waals surface area contributed by atoms with Crippen molar-refractivity contribution in [3.8, 4) is 11.5 Å². The van der Waals surface area contributed by atoms with Crippen LogP contribution in [0.2, 0.25) is 0 Å². The van der Waals surface area contributed by atoms with E-state index in [4.69, 9.17) is 9.47 Å². The normalized spacial score (nSPS) is 13.9. The number of carbonyl (C=O) groups is 1. The zero-order chi connectivity index (χ0) is 8.55. The average Bonchev–Trinajstić information content (AvgIpc) is 2.44. The van der Waals surface area contributed by atoms with Crippen molar-refractivity contribution < 1.29 is 14.3 Å². The summed E-state index contributed by atoms with van der Waals surface area (Å²) in [6.45, 7) is 0. The molecule has 0 aliphatic carbocycles. The fourth-order valence-corrected chi connectivity index (χ4v) is 1.28. The summed E-state index contributed by atoms with van der Waals surface area (Å²) in [4.78, 5) is 10.9. The minimum Gasteiger partial charge on any atom is -0.493 e. The summed E-state index contributed by atoms with van der Waals surface area (Å²) in [5, 5.41) is 0. The maximum absolute atomic E-state index is 10.9. The molecule has 1 aromatic carbocycles. The van der Waals surface area contributed by atoms with Crippen LogP contribution in [0.5, 0.6) is 11.5 Å². The Kier molecular flexibility index (Phi) is 1.50. The minimum absolute atomic E-state index is 0.213. The highest BCUT2D eigenvalue weighted by Crippen LogP contribution is 2.35. The van der Waals surface area contributed by atoms with E-state index in [0.717, 1.165) is 5.56 Å². The highest BCUT2D eigenvalue weighted by Gasteiger charge is 2.23. The molecule has 0 aromatic heterocycles. The highest BCUT2D eigenvalue weighted by molar-refractivity contribution is 5.82. The maximum Gasteiger partial charge on any atom is 0.315 e. The minimum atomic E-state index is -0.213. The lowest BCUT2D eigenvalue weighted by Gasteiger charge is -2.03. The van der Waals surface area contributed by atoms with Crippen LogP contribution < -0.4 is 9.47 Å². The highest BCUT2D eigenvalue weighted by atomic mass is 16.6. The van der Waals surface area contributed by atoms with Gasteiger partial charge >= 0.3 is 5.97 Å². The second-order valence-electron chi connectivity index (χ2n) is 2.60. The van der Waals surface area contributed by atoms with Crippen LogP contribution in [0.4, 0.5) is 0 Å². The number of hydrogen-bond donors (Lipinski definition) is 0. The second kappa shape index (κ2) is 2.52. The van der Waals surface area contributed by atoms with E-state index in [1.165, 1.54) is 0 Å². The van der Waals surface area contributed by atoms with Crippen LogP contribution in [0.15, 0.2) is 18.2 Å². The Morgan fingerprint density at radius 2 is 2.33 bits per heavy atom. The summed E-state index contributed by atoms with van der Waals surface area (Å²) >= 11 is 0. The van der Waals surface area contributed by atoms with Crippen LogP contribution in [0, 0.1) is 0 Å². The average molecular weight is 164 g/mol. The van der Waals surface area contributed by atoms with E-state index in [0.29, 0.717) is 17.9 Å². The van der Waals surface area contributed by atoms with E-state index in [1.54, 1.807) is 13.2 Å². The molecule has 2 rings (SSSR count). The van der Waals surface area contributed by atoms with Gasteiger partial charge in [0.2, 0.25) is 0 Å². The van der Waals surface area contributed by atoms with Crippen LogP contribution in [0.3, 0.4) is 0 Å². The summed E-state index contributed by atoms with van der Waals surface area (Å²) in [6, 6.07) is 5.49. The standard InChI is InChI=1S/C9H8O3/c1-11-7-4-2-3-6-5-8(10)12-9(6)7/h2-4H,5H2,1H3. The van der Waals surface area contributed by atoms with Gasteiger partial charge < -0.3 is 9.47 Å². The van der Waals surface area contributed by atoms with E-state index in [-0.39, 0.29) is 5.97 Å². The van der Waals surface area contributed by atoms with Crippen molar-refractivity contribution >= 4 is 5.97 Å². The molecule has 62 valence electrons. The molecule has 3 heteroatoms. The number of fused-ring (bicyclic) bond motifs is 1. The van der Waals surface area contributed by atoms with Crippen LogP contribution in [0.25, 0.3) is 0 Å². The third-order valence-corrected chi connectivity index (χ3v) is 1.83. The molecule has 0 N–H and O–H groups in total. The third-order valence-electron chi connectivity index (χ3n) is 1.83. The summed E-state index contributed by atoms with van der Waals surface area (Å²) in [5.74, 6) is 0.984. The third kappa shape index (κ3) is 0.942. The van der Waals surface area contributed by atoms with Crippen molar-refractivity contribution in [2.45, 2.75) is 6.42 Å². The maximum atomic E-state index is 10.9. The molecule has 0 bridgehead atoms. The Morgan fingerprint density at radius 3 is 3.08 bits per heavy atom. The first-order valence-electron chi connectivity index (χ1n) is 3.68. The van der Waals surface area contributed by atoms with Crippen LogP contribution in [-0.4, -0.2) is 13.1 Å². The second-order valence-corrected chi connectivity index (χ2v) is 2.60. The van der Waals surface area contributed by atoms with E-state index in [1.807, 2.05) is 12.1 Å². The molecule has 0 radical (unpaired) electrons. The van der Waals surface area contributed by atoms with E-state index < -0.39 is 0 Å². The molecule has 0 spiro atoms. The number of carbonyl (C=O) groups excluding carboxylic acids is 1. The van der Waals surface area contributed by atoms with Crippen LogP contribution >= 0.6 is 0 Å². The number of ether oxygens (including phenoxy) is 2. The Labute approximate surface area is 69.9 Å². The van der Waals surface area contributed by atoms with Gasteiger partial charge in [-0.2, -0.15) is 0 Å². The van der Waals surface area contributed by atoms with E-state index in [9.17, 15) is 4.79 Å². The van der Waals surface area contributed by atoms with Crippen molar-refractivity contribution in [3.63, 3.8) is 0 Å². The zero-order valence-electron chi connectivity index (χ0n) is 6.66. The Morgan fingerprint density at radius 1 is 1.50 bits per heavy atom. The molecule has 1 aliphatic heterocycles. The molecule has 0 amide bonds. The van der Waals surface area contributed by atoms with E-state index in [2.05, 4.69) is 0 Å². The monoisotopic (exact) mass is 164 g/mol. The first-order valence-corrected chi connectivity index (χ1v) is 3.68. The van der Waals surface area contributed by atoms with Gasteiger partial charge in [0.05, 0.1) is 13.5 Å². The van der Waals surface area contributed by atoms with E-state index >= 15 is 0 Å². The Bertz CT molecular complexity index is 331. The van der Waals surface area contributed by atoms with Crippen molar-refractivity contribution in [1.82, 2.24) is 0 Å². The Hall–Kier alpha value is -1.51. The lowest BCUT2D eigenvalue weighted by molar-refractivity contribution is -0.131. The predicted molar refractivity (Wildman–Crippen MR) is 42.3 cm³/mol. The van der Waals surface area contributed by atoms with Gasteiger partial charge in [-0.25, -0.2) is 0 Å². The quantitative estimate of drug-likeness (QED) is 0.461. The number of para-hydroxylation sites is 1. The molecule has 12 heavy (non-hydrogen) atoms. The fourth-order valence-electron chi connectivity index (χ4n) is 1.28. The fraction of sp³-hybridized carbons (Fsp3) is 0.222. The van der Waals surface area contributed by atoms with Gasteiger partial charge in [-0.15, -0.1) is 0 Å². The summed E-state index contributed by atoms with van der Waals surface area (Å²) in [5.41, 5.74) is 0.902. The van der Waals surface area contributed by atoms with Gasteiger partial charge in [-0.3, -0.25) is 4.79 Å². The molecule has 0 saturated carbocycles. The zero-order valence-corrected chi connectivity index (χ0v) is 6.66. The molecule has 3 nitrogen and oxygen atoms in total. The molecule has 0 unspecified atom stereocenters. The number of benzene rings is 1. The van der Waals surface area contributed by atoms with Crippen molar-refractivity contribution in [2.24, 2.45) is 0 Å². The lowest BCUT2D eigenvalue weighted by atomic mass is 10.1. The number of rotatable bonds is 1. The molecule has 1 aromatic rings. The molecular weight excluding hydrogens is 156 g/mol. The topological polar surface area (TPSA) is 35.5 Å². The van der Waals surface area contributed by atoms with Gasteiger partial charge in [0.25, 0.3) is 0 Å². The Balaban J connectivity index is 2.51. The molecular formula is C9H8O3. The van der Waals surface area contributed by atoms with Crippen LogP contribution in [0.1, 0.15) is 5.56 Å². The largest absolute Gasteiger partial charge is 0.493 e. The summed E-state index contributed by atoms with van der Waals surface area (Å²) in [7, 11) is 1.56. The lowest BCUT2D eigenvalue weighted by Crippen LogP contribution is -2.00. The number of hydrogen-bond acceptors (Lipinski definition) is 3. The van der Waals surface area contributed by atoms with Gasteiger partial charge in [-0.05, 0) is 6.07 Å². The molecule has 1 heterocycles. The van der Waals surface area contributed by atoms with Crippen LogP contribution in [-0.2, 0) is 11.2 Å². The number of methoxy groups -OCH3 is 1. The van der Waals surface area contributed by atoms with Gasteiger partial charge in [0.15, 0.2) is 11.5 Å². The van der Waals surface area contributed by atoms with Crippen molar-refractivity contribution in [3.05, 3.63) is 23.8 Å². The van der Waals surface area contributed by atoms with Gasteiger partial charge in [0, 0.05) is 5.56 Å². The van der Waals surface area contributed by atoms with Crippen molar-refractivity contribution in [1.29, 1.82) is 0 Å².